The van der Waals surface area contributed by atoms with Crippen LogP contribution in [0.2, 0.25) is 0 Å². The van der Waals surface area contributed by atoms with E-state index in [-0.39, 0.29) is 5.91 Å². The molecule has 0 saturated carbocycles. The Morgan fingerprint density at radius 3 is 2.89 bits per heavy atom. The molecule has 0 saturated heterocycles. The first-order valence-corrected chi connectivity index (χ1v) is 9.37. The van der Waals surface area contributed by atoms with Gasteiger partial charge in [-0.05, 0) is 30.2 Å². The average Bonchev–Trinajstić information content (AvgIpc) is 3.31. The molecule has 3 aromatic heterocycles. The van der Waals surface area contributed by atoms with Crippen molar-refractivity contribution in [2.75, 3.05) is 13.7 Å². The maximum Gasteiger partial charge on any atom is 0.220 e. The van der Waals surface area contributed by atoms with Crippen molar-refractivity contribution in [3.8, 4) is 0 Å². The number of rotatable bonds is 8. The first-order valence-electron chi connectivity index (χ1n) is 9.37. The van der Waals surface area contributed by atoms with Gasteiger partial charge in [-0.15, -0.1) is 10.2 Å². The van der Waals surface area contributed by atoms with E-state index in [0.29, 0.717) is 26.0 Å². The second kappa shape index (κ2) is 8.22. The van der Waals surface area contributed by atoms with E-state index in [2.05, 4.69) is 38.4 Å². The fraction of sp³-hybridized carbons (Fsp3) is 0.286. The molecule has 1 N–H and O–H groups in total. The van der Waals surface area contributed by atoms with E-state index >= 15 is 0 Å². The summed E-state index contributed by atoms with van der Waals surface area (Å²) < 4.78 is 9.27. The minimum atomic E-state index is 0.00130. The highest BCUT2D eigenvalue weighted by Gasteiger charge is 2.11. The van der Waals surface area contributed by atoms with Crippen molar-refractivity contribution in [3.05, 3.63) is 66.2 Å². The van der Waals surface area contributed by atoms with Crippen molar-refractivity contribution < 1.29 is 9.53 Å². The fourth-order valence-corrected chi connectivity index (χ4v) is 3.42. The van der Waals surface area contributed by atoms with E-state index in [1.54, 1.807) is 7.11 Å². The molecule has 0 spiro atoms. The van der Waals surface area contributed by atoms with Gasteiger partial charge < -0.3 is 14.6 Å². The molecule has 7 heteroatoms. The number of aryl methyl sites for hydroxylation is 1. The van der Waals surface area contributed by atoms with Gasteiger partial charge in [0.25, 0.3) is 0 Å². The lowest BCUT2D eigenvalue weighted by molar-refractivity contribution is -0.121. The van der Waals surface area contributed by atoms with Crippen LogP contribution in [0.1, 0.15) is 17.8 Å². The number of carbonyl (C=O) groups excluding carboxylic acids is 1. The first-order chi connectivity index (χ1) is 13.8. The second-order valence-electron chi connectivity index (χ2n) is 6.68. The summed E-state index contributed by atoms with van der Waals surface area (Å²) in [5.74, 6) is 0.724. The zero-order chi connectivity index (χ0) is 19.3. The highest BCUT2D eigenvalue weighted by molar-refractivity contribution is 5.85. The van der Waals surface area contributed by atoms with Gasteiger partial charge in [0.2, 0.25) is 5.91 Å². The largest absolute Gasteiger partial charge is 0.383 e. The lowest BCUT2D eigenvalue weighted by atomic mass is 10.1. The number of benzene rings is 1. The molecule has 0 aliphatic rings. The maximum atomic E-state index is 12.4. The average molecular weight is 377 g/mol. The number of methoxy groups -OCH3 is 1. The molecule has 0 radical (unpaired) electrons. The third-order valence-electron chi connectivity index (χ3n) is 4.86. The number of hydrogen-bond acceptors (Lipinski definition) is 4. The Labute approximate surface area is 162 Å². The summed E-state index contributed by atoms with van der Waals surface area (Å²) in [5.41, 5.74) is 3.12. The predicted molar refractivity (Wildman–Crippen MR) is 107 cm³/mol. The van der Waals surface area contributed by atoms with Crippen LogP contribution < -0.4 is 5.32 Å². The molecule has 3 heterocycles. The summed E-state index contributed by atoms with van der Waals surface area (Å²) in [7, 11) is 1.70. The monoisotopic (exact) mass is 377 g/mol. The first kappa shape index (κ1) is 18.2. The van der Waals surface area contributed by atoms with Gasteiger partial charge in [0.1, 0.15) is 0 Å². The molecule has 144 valence electrons. The van der Waals surface area contributed by atoms with E-state index in [9.17, 15) is 4.79 Å². The summed E-state index contributed by atoms with van der Waals surface area (Å²) >= 11 is 0. The Kier molecular flexibility index (Phi) is 5.34. The molecule has 1 aromatic carbocycles. The van der Waals surface area contributed by atoms with Crippen LogP contribution in [0.25, 0.3) is 16.6 Å². The molecule has 4 rings (SSSR count). The van der Waals surface area contributed by atoms with Gasteiger partial charge in [0, 0.05) is 43.4 Å². The predicted octanol–water partition coefficient (Wildman–Crippen LogP) is 2.58. The summed E-state index contributed by atoms with van der Waals surface area (Å²) in [4.78, 5) is 12.4. The van der Waals surface area contributed by atoms with Crippen LogP contribution in [-0.2, 0) is 29.0 Å². The molecule has 1 amide bonds. The summed E-state index contributed by atoms with van der Waals surface area (Å²) in [6.07, 6.45) is 5.14. The molecule has 0 aliphatic heterocycles. The van der Waals surface area contributed by atoms with Crippen LogP contribution in [0.5, 0.6) is 0 Å². The van der Waals surface area contributed by atoms with E-state index in [4.69, 9.17) is 4.74 Å². The SMILES string of the molecule is COCCn1cc(CCC(=O)NCc2nnc3ccccn23)c2ccccc21. The van der Waals surface area contributed by atoms with Gasteiger partial charge in [-0.1, -0.05) is 24.3 Å². The number of pyridine rings is 1. The lowest BCUT2D eigenvalue weighted by Gasteiger charge is -2.04. The molecule has 28 heavy (non-hydrogen) atoms. The number of ether oxygens (including phenoxy) is 1. The van der Waals surface area contributed by atoms with Crippen molar-refractivity contribution >= 4 is 22.5 Å². The second-order valence-corrected chi connectivity index (χ2v) is 6.68. The minimum Gasteiger partial charge on any atom is -0.383 e. The number of fused-ring (bicyclic) bond motifs is 2. The Morgan fingerprint density at radius 2 is 2.00 bits per heavy atom. The normalized spacial score (nSPS) is 11.3. The van der Waals surface area contributed by atoms with Gasteiger partial charge in [-0.3, -0.25) is 9.20 Å². The molecule has 7 nitrogen and oxygen atoms in total. The van der Waals surface area contributed by atoms with E-state index in [1.165, 1.54) is 16.5 Å². The highest BCUT2D eigenvalue weighted by Crippen LogP contribution is 2.22. The van der Waals surface area contributed by atoms with Crippen LogP contribution in [0, 0.1) is 0 Å². The molecule has 0 fully saturated rings. The van der Waals surface area contributed by atoms with Crippen molar-refractivity contribution in [2.45, 2.75) is 25.9 Å². The fourth-order valence-electron chi connectivity index (χ4n) is 3.42. The molecular formula is C21H23N5O2. The van der Waals surface area contributed by atoms with Gasteiger partial charge in [-0.2, -0.15) is 0 Å². The van der Waals surface area contributed by atoms with Gasteiger partial charge in [0.15, 0.2) is 11.5 Å². The van der Waals surface area contributed by atoms with Crippen LogP contribution in [0.15, 0.2) is 54.9 Å². The zero-order valence-electron chi connectivity index (χ0n) is 15.8. The zero-order valence-corrected chi connectivity index (χ0v) is 15.8. The van der Waals surface area contributed by atoms with Crippen LogP contribution in [-0.4, -0.2) is 38.8 Å². The number of nitrogens with one attached hydrogen (secondary N) is 1. The molecule has 0 bridgehead atoms. The minimum absolute atomic E-state index is 0.00130. The number of amides is 1. The Morgan fingerprint density at radius 1 is 1.14 bits per heavy atom. The van der Waals surface area contributed by atoms with Crippen LogP contribution in [0.3, 0.4) is 0 Å². The third kappa shape index (κ3) is 3.75. The van der Waals surface area contributed by atoms with E-state index in [0.717, 1.165) is 18.0 Å². The third-order valence-corrected chi connectivity index (χ3v) is 4.86. The number of nitrogens with zero attached hydrogens (tertiary/aromatic N) is 4. The van der Waals surface area contributed by atoms with Gasteiger partial charge in [-0.25, -0.2) is 0 Å². The quantitative estimate of drug-likeness (QED) is 0.512. The highest BCUT2D eigenvalue weighted by atomic mass is 16.5. The Balaban J connectivity index is 1.39. The number of aromatic nitrogens is 4. The molecule has 0 aliphatic carbocycles. The summed E-state index contributed by atoms with van der Waals surface area (Å²) in [6.45, 7) is 1.81. The van der Waals surface area contributed by atoms with Gasteiger partial charge in [0.05, 0.1) is 13.2 Å². The van der Waals surface area contributed by atoms with E-state index in [1.807, 2.05) is 40.9 Å². The van der Waals surface area contributed by atoms with E-state index < -0.39 is 0 Å². The van der Waals surface area contributed by atoms with Crippen molar-refractivity contribution in [1.82, 2.24) is 24.5 Å². The van der Waals surface area contributed by atoms with Crippen LogP contribution >= 0.6 is 0 Å². The summed E-state index contributed by atoms with van der Waals surface area (Å²) in [5, 5.41) is 12.4. The smallest absolute Gasteiger partial charge is 0.220 e. The Hall–Kier alpha value is -3.19. The standard InChI is InChI=1S/C21H23N5O2/c1-28-13-12-25-15-16(17-6-2-3-7-18(17)25)9-10-21(27)22-14-20-24-23-19-8-4-5-11-26(19)20/h2-8,11,15H,9-10,12-14H2,1H3,(H,22,27). The molecule has 0 atom stereocenters. The van der Waals surface area contributed by atoms with Crippen molar-refractivity contribution in [1.29, 1.82) is 0 Å². The molecule has 0 unspecified atom stereocenters. The lowest BCUT2D eigenvalue weighted by Crippen LogP contribution is -2.24. The topological polar surface area (TPSA) is 73.4 Å². The van der Waals surface area contributed by atoms with Crippen molar-refractivity contribution in [3.63, 3.8) is 0 Å². The summed E-state index contributed by atoms with van der Waals surface area (Å²) in [6, 6.07) is 14.0. The number of carbonyl (C=O) groups is 1. The van der Waals surface area contributed by atoms with Gasteiger partial charge >= 0.3 is 0 Å². The molecule has 4 aromatic rings. The molecular weight excluding hydrogens is 354 g/mol. The van der Waals surface area contributed by atoms with Crippen LogP contribution in [0.4, 0.5) is 0 Å². The Bertz CT molecular complexity index is 1100. The number of hydrogen-bond donors (Lipinski definition) is 1. The van der Waals surface area contributed by atoms with Crippen molar-refractivity contribution in [2.24, 2.45) is 0 Å². The maximum absolute atomic E-state index is 12.4. The number of para-hydroxylation sites is 1.